The number of pyridine rings is 1. The van der Waals surface area contributed by atoms with E-state index in [9.17, 15) is 5.11 Å². The van der Waals surface area contributed by atoms with E-state index in [1.807, 2.05) is 57.2 Å². The van der Waals surface area contributed by atoms with Gasteiger partial charge in [-0.15, -0.1) is 0 Å². The van der Waals surface area contributed by atoms with Crippen molar-refractivity contribution < 1.29 is 5.11 Å². The Hall–Kier alpha value is -1.41. The summed E-state index contributed by atoms with van der Waals surface area (Å²) < 4.78 is 0. The lowest BCUT2D eigenvalue weighted by Crippen LogP contribution is -2.18. The molecule has 0 radical (unpaired) electrons. The van der Waals surface area contributed by atoms with Crippen molar-refractivity contribution in [2.24, 2.45) is 5.41 Å². The molecule has 2 aromatic rings. The molecule has 1 aromatic heterocycles. The van der Waals surface area contributed by atoms with Gasteiger partial charge in [0.1, 0.15) is 6.10 Å². The largest absolute Gasteiger partial charge is 0.386 e. The lowest BCUT2D eigenvalue weighted by Gasteiger charge is -2.25. The van der Waals surface area contributed by atoms with E-state index in [0.717, 1.165) is 16.6 Å². The molecule has 0 amide bonds. The highest BCUT2D eigenvalue weighted by Gasteiger charge is 2.24. The first-order valence-corrected chi connectivity index (χ1v) is 5.52. The van der Waals surface area contributed by atoms with E-state index in [2.05, 4.69) is 4.98 Å². The molecule has 1 aromatic carbocycles. The molecule has 84 valence electrons. The Balaban J connectivity index is 2.47. The molecule has 0 saturated carbocycles. The van der Waals surface area contributed by atoms with Crippen LogP contribution >= 0.6 is 0 Å². The van der Waals surface area contributed by atoms with E-state index in [0.29, 0.717) is 0 Å². The van der Waals surface area contributed by atoms with Crippen molar-refractivity contribution in [1.82, 2.24) is 4.98 Å². The van der Waals surface area contributed by atoms with Crippen LogP contribution in [0.25, 0.3) is 10.9 Å². The number of rotatable bonds is 1. The summed E-state index contributed by atoms with van der Waals surface area (Å²) in [6, 6.07) is 11.8. The van der Waals surface area contributed by atoms with Crippen molar-refractivity contribution in [1.29, 1.82) is 0 Å². The number of fused-ring (bicyclic) bond motifs is 1. The molecule has 2 rings (SSSR count). The number of aliphatic hydroxyl groups is 1. The van der Waals surface area contributed by atoms with Gasteiger partial charge in [-0.3, -0.25) is 4.98 Å². The van der Waals surface area contributed by atoms with Gasteiger partial charge in [-0.05, 0) is 17.5 Å². The smallest absolute Gasteiger partial charge is 0.101 e. The second kappa shape index (κ2) is 3.87. The van der Waals surface area contributed by atoms with E-state index >= 15 is 0 Å². The Labute approximate surface area is 96.0 Å². The summed E-state index contributed by atoms with van der Waals surface area (Å²) in [4.78, 5) is 4.49. The fraction of sp³-hybridized carbons (Fsp3) is 0.357. The van der Waals surface area contributed by atoms with Crippen LogP contribution in [-0.2, 0) is 0 Å². The summed E-state index contributed by atoms with van der Waals surface area (Å²) in [5.41, 5.74) is 1.49. The van der Waals surface area contributed by atoms with Gasteiger partial charge in [-0.2, -0.15) is 0 Å². The molecule has 16 heavy (non-hydrogen) atoms. The molecule has 0 fully saturated rings. The third-order valence-electron chi connectivity index (χ3n) is 2.72. The second-order valence-corrected chi connectivity index (χ2v) is 5.20. The molecular weight excluding hydrogens is 198 g/mol. The number of hydrogen-bond donors (Lipinski definition) is 1. The Morgan fingerprint density at radius 2 is 1.75 bits per heavy atom. The van der Waals surface area contributed by atoms with Crippen LogP contribution in [0.5, 0.6) is 0 Å². The molecule has 1 unspecified atom stereocenters. The lowest BCUT2D eigenvalue weighted by molar-refractivity contribution is 0.0592. The Morgan fingerprint density at radius 1 is 1.06 bits per heavy atom. The minimum atomic E-state index is -0.530. The van der Waals surface area contributed by atoms with E-state index in [4.69, 9.17) is 0 Å². The second-order valence-electron chi connectivity index (χ2n) is 5.20. The van der Waals surface area contributed by atoms with Gasteiger partial charge in [0.2, 0.25) is 0 Å². The normalized spacial score (nSPS) is 14.0. The summed E-state index contributed by atoms with van der Waals surface area (Å²) >= 11 is 0. The fourth-order valence-corrected chi connectivity index (χ4v) is 1.68. The maximum absolute atomic E-state index is 10.2. The van der Waals surface area contributed by atoms with Crippen LogP contribution in [-0.4, -0.2) is 10.1 Å². The van der Waals surface area contributed by atoms with E-state index in [-0.39, 0.29) is 5.41 Å². The third kappa shape index (κ3) is 2.07. The SMILES string of the molecule is CC(C)(C)C(O)c1ccc2ccccc2n1. The molecule has 1 atom stereocenters. The first-order valence-electron chi connectivity index (χ1n) is 5.52. The van der Waals surface area contributed by atoms with Crippen LogP contribution < -0.4 is 0 Å². The highest BCUT2D eigenvalue weighted by molar-refractivity contribution is 5.78. The molecule has 0 aliphatic rings. The van der Waals surface area contributed by atoms with Crippen molar-refractivity contribution in [3.05, 3.63) is 42.1 Å². The summed E-state index contributed by atoms with van der Waals surface area (Å²) in [6.45, 7) is 6.03. The summed E-state index contributed by atoms with van der Waals surface area (Å²) in [7, 11) is 0. The van der Waals surface area contributed by atoms with Crippen molar-refractivity contribution in [2.75, 3.05) is 0 Å². The maximum atomic E-state index is 10.2. The van der Waals surface area contributed by atoms with E-state index in [1.54, 1.807) is 0 Å². The van der Waals surface area contributed by atoms with E-state index in [1.165, 1.54) is 0 Å². The predicted molar refractivity (Wildman–Crippen MR) is 66.2 cm³/mol. The number of aromatic nitrogens is 1. The summed E-state index contributed by atoms with van der Waals surface area (Å²) in [6.07, 6.45) is -0.530. The van der Waals surface area contributed by atoms with Gasteiger partial charge >= 0.3 is 0 Å². The highest BCUT2D eigenvalue weighted by atomic mass is 16.3. The number of nitrogens with zero attached hydrogens (tertiary/aromatic N) is 1. The zero-order valence-corrected chi connectivity index (χ0v) is 9.94. The van der Waals surface area contributed by atoms with Gasteiger partial charge in [0.05, 0.1) is 11.2 Å². The Morgan fingerprint density at radius 3 is 2.44 bits per heavy atom. The van der Waals surface area contributed by atoms with Gasteiger partial charge in [0, 0.05) is 5.39 Å². The zero-order chi connectivity index (χ0) is 11.8. The number of para-hydroxylation sites is 1. The van der Waals surface area contributed by atoms with Crippen LogP contribution in [0.15, 0.2) is 36.4 Å². The van der Waals surface area contributed by atoms with Crippen LogP contribution in [0, 0.1) is 5.41 Å². The van der Waals surface area contributed by atoms with Crippen molar-refractivity contribution >= 4 is 10.9 Å². The maximum Gasteiger partial charge on any atom is 0.101 e. The van der Waals surface area contributed by atoms with Gasteiger partial charge in [-0.1, -0.05) is 45.0 Å². The van der Waals surface area contributed by atoms with Gasteiger partial charge in [-0.25, -0.2) is 0 Å². The van der Waals surface area contributed by atoms with Gasteiger partial charge in [0.15, 0.2) is 0 Å². The molecular formula is C14H17NO. The average molecular weight is 215 g/mol. The van der Waals surface area contributed by atoms with Gasteiger partial charge in [0.25, 0.3) is 0 Å². The van der Waals surface area contributed by atoms with Crippen LogP contribution in [0.3, 0.4) is 0 Å². The lowest BCUT2D eigenvalue weighted by atomic mass is 9.87. The molecule has 2 heteroatoms. The molecule has 0 saturated heterocycles. The third-order valence-corrected chi connectivity index (χ3v) is 2.72. The highest BCUT2D eigenvalue weighted by Crippen LogP contribution is 2.31. The average Bonchev–Trinajstić information content (AvgIpc) is 2.26. The standard InChI is InChI=1S/C14H17NO/c1-14(2,3)13(16)12-9-8-10-6-4-5-7-11(10)15-12/h4-9,13,16H,1-3H3. The monoisotopic (exact) mass is 215 g/mol. The quantitative estimate of drug-likeness (QED) is 0.791. The molecule has 0 bridgehead atoms. The van der Waals surface area contributed by atoms with Crippen LogP contribution in [0.4, 0.5) is 0 Å². The first kappa shape index (κ1) is 11.1. The van der Waals surface area contributed by atoms with E-state index < -0.39 is 6.10 Å². The van der Waals surface area contributed by atoms with Gasteiger partial charge < -0.3 is 5.11 Å². The predicted octanol–water partition coefficient (Wildman–Crippen LogP) is 3.31. The molecule has 0 aliphatic heterocycles. The zero-order valence-electron chi connectivity index (χ0n) is 9.94. The summed E-state index contributed by atoms with van der Waals surface area (Å²) in [5, 5.41) is 11.3. The summed E-state index contributed by atoms with van der Waals surface area (Å²) in [5.74, 6) is 0. The van der Waals surface area contributed by atoms with Crippen molar-refractivity contribution in [2.45, 2.75) is 26.9 Å². The minimum Gasteiger partial charge on any atom is -0.386 e. The molecule has 1 N–H and O–H groups in total. The minimum absolute atomic E-state index is 0.185. The number of hydrogen-bond acceptors (Lipinski definition) is 2. The number of aliphatic hydroxyl groups excluding tert-OH is 1. The van der Waals surface area contributed by atoms with Crippen LogP contribution in [0.2, 0.25) is 0 Å². The Bertz CT molecular complexity index is 499. The fourth-order valence-electron chi connectivity index (χ4n) is 1.68. The molecule has 0 aliphatic carbocycles. The first-order chi connectivity index (χ1) is 7.48. The topological polar surface area (TPSA) is 33.1 Å². The molecule has 0 spiro atoms. The molecule has 1 heterocycles. The van der Waals surface area contributed by atoms with Crippen LogP contribution in [0.1, 0.15) is 32.6 Å². The van der Waals surface area contributed by atoms with Crippen molar-refractivity contribution in [3.8, 4) is 0 Å². The van der Waals surface area contributed by atoms with Crippen molar-refractivity contribution in [3.63, 3.8) is 0 Å². The molecule has 2 nitrogen and oxygen atoms in total. The Kier molecular flexibility index (Phi) is 2.68. The number of benzene rings is 1.